The predicted molar refractivity (Wildman–Crippen MR) is 39.7 cm³/mol. The Labute approximate surface area is 60.9 Å². The SMILES string of the molecule is CC(=O)CC=C(C)C(C)=O. The summed E-state index contributed by atoms with van der Waals surface area (Å²) in [5.74, 6) is 0.113. The van der Waals surface area contributed by atoms with Gasteiger partial charge in [0.1, 0.15) is 5.78 Å². The van der Waals surface area contributed by atoms with Gasteiger partial charge < -0.3 is 0 Å². The van der Waals surface area contributed by atoms with Crippen molar-refractivity contribution in [1.29, 1.82) is 0 Å². The molecule has 0 atom stereocenters. The molecule has 0 fully saturated rings. The first-order valence-corrected chi connectivity index (χ1v) is 3.21. The standard InChI is InChI=1S/C8H12O2/c1-6(8(3)10)4-5-7(2)9/h4H,5H2,1-3H3. The van der Waals surface area contributed by atoms with Crippen LogP contribution >= 0.6 is 0 Å². The molecular formula is C8H12O2. The van der Waals surface area contributed by atoms with Gasteiger partial charge in [-0.2, -0.15) is 0 Å². The zero-order valence-electron chi connectivity index (χ0n) is 6.60. The summed E-state index contributed by atoms with van der Waals surface area (Å²) >= 11 is 0. The highest BCUT2D eigenvalue weighted by Gasteiger charge is 1.95. The monoisotopic (exact) mass is 140 g/mol. The molecule has 0 aromatic heterocycles. The van der Waals surface area contributed by atoms with E-state index in [1.165, 1.54) is 13.8 Å². The second-order valence-electron chi connectivity index (χ2n) is 2.35. The van der Waals surface area contributed by atoms with Gasteiger partial charge in [0, 0.05) is 6.42 Å². The minimum Gasteiger partial charge on any atom is -0.300 e. The zero-order valence-corrected chi connectivity index (χ0v) is 6.60. The third-order valence-corrected chi connectivity index (χ3v) is 1.25. The van der Waals surface area contributed by atoms with Crippen LogP contribution in [0.15, 0.2) is 11.6 Å². The molecule has 0 saturated carbocycles. The lowest BCUT2D eigenvalue weighted by atomic mass is 10.1. The molecule has 0 amide bonds. The average molecular weight is 140 g/mol. The number of carbonyl (C=O) groups is 2. The Hall–Kier alpha value is -0.920. The predicted octanol–water partition coefficient (Wildman–Crippen LogP) is 1.50. The zero-order chi connectivity index (χ0) is 8.15. The molecule has 0 aliphatic rings. The van der Waals surface area contributed by atoms with Crippen LogP contribution < -0.4 is 0 Å². The molecule has 0 aliphatic heterocycles. The van der Waals surface area contributed by atoms with Crippen molar-refractivity contribution in [1.82, 2.24) is 0 Å². The van der Waals surface area contributed by atoms with Crippen molar-refractivity contribution in [3.05, 3.63) is 11.6 Å². The summed E-state index contributed by atoms with van der Waals surface area (Å²) in [4.78, 5) is 21.0. The topological polar surface area (TPSA) is 34.1 Å². The minimum absolute atomic E-state index is 0.0289. The van der Waals surface area contributed by atoms with Crippen LogP contribution in [0.25, 0.3) is 0 Å². The van der Waals surface area contributed by atoms with Crippen LogP contribution in [0.1, 0.15) is 27.2 Å². The summed E-state index contributed by atoms with van der Waals surface area (Å²) in [6, 6.07) is 0. The van der Waals surface area contributed by atoms with Crippen LogP contribution in [0.3, 0.4) is 0 Å². The van der Waals surface area contributed by atoms with Crippen LogP contribution in [0.5, 0.6) is 0 Å². The molecule has 0 aromatic rings. The molecule has 2 nitrogen and oxygen atoms in total. The first-order valence-electron chi connectivity index (χ1n) is 3.21. The normalized spacial score (nSPS) is 11.3. The number of ketones is 2. The summed E-state index contributed by atoms with van der Waals surface area (Å²) in [6.45, 7) is 4.71. The molecule has 56 valence electrons. The summed E-state index contributed by atoms with van der Waals surface area (Å²) in [5.41, 5.74) is 0.662. The fraction of sp³-hybridized carbons (Fsp3) is 0.500. The molecule has 0 aromatic carbocycles. The third kappa shape index (κ3) is 4.01. The molecule has 0 saturated heterocycles. The smallest absolute Gasteiger partial charge is 0.155 e. The van der Waals surface area contributed by atoms with E-state index < -0.39 is 0 Å². The van der Waals surface area contributed by atoms with E-state index in [0.29, 0.717) is 12.0 Å². The van der Waals surface area contributed by atoms with Crippen molar-refractivity contribution in [2.24, 2.45) is 0 Å². The summed E-state index contributed by atoms with van der Waals surface area (Å²) in [6.07, 6.45) is 2.02. The first kappa shape index (κ1) is 9.08. The highest BCUT2D eigenvalue weighted by Crippen LogP contribution is 1.96. The van der Waals surface area contributed by atoms with E-state index in [9.17, 15) is 9.59 Å². The number of hydrogen-bond donors (Lipinski definition) is 0. The molecule has 0 spiro atoms. The maximum absolute atomic E-state index is 10.6. The van der Waals surface area contributed by atoms with Crippen LogP contribution in [-0.4, -0.2) is 11.6 Å². The molecule has 0 aliphatic carbocycles. The van der Waals surface area contributed by atoms with Gasteiger partial charge in [-0.15, -0.1) is 0 Å². The maximum Gasteiger partial charge on any atom is 0.155 e. The van der Waals surface area contributed by atoms with Crippen molar-refractivity contribution in [2.75, 3.05) is 0 Å². The fourth-order valence-electron chi connectivity index (χ4n) is 0.441. The molecule has 0 rings (SSSR count). The van der Waals surface area contributed by atoms with E-state index in [1.54, 1.807) is 13.0 Å². The van der Waals surface area contributed by atoms with Crippen molar-refractivity contribution in [3.63, 3.8) is 0 Å². The van der Waals surface area contributed by atoms with E-state index >= 15 is 0 Å². The number of rotatable bonds is 3. The second kappa shape index (κ2) is 3.99. The van der Waals surface area contributed by atoms with Gasteiger partial charge in [0.15, 0.2) is 5.78 Å². The Morgan fingerprint density at radius 1 is 1.20 bits per heavy atom. The maximum atomic E-state index is 10.6. The van der Waals surface area contributed by atoms with Crippen LogP contribution in [-0.2, 0) is 9.59 Å². The van der Waals surface area contributed by atoms with E-state index in [1.807, 2.05) is 0 Å². The average Bonchev–Trinajstić information content (AvgIpc) is 1.82. The Morgan fingerprint density at radius 3 is 2.00 bits per heavy atom. The number of allylic oxidation sites excluding steroid dienone is 2. The molecule has 10 heavy (non-hydrogen) atoms. The Bertz CT molecular complexity index is 178. The molecule has 2 heteroatoms. The number of hydrogen-bond acceptors (Lipinski definition) is 2. The summed E-state index contributed by atoms with van der Waals surface area (Å²) in [7, 11) is 0. The van der Waals surface area contributed by atoms with Gasteiger partial charge in [-0.25, -0.2) is 0 Å². The highest BCUT2D eigenvalue weighted by molar-refractivity contribution is 5.93. The largest absolute Gasteiger partial charge is 0.300 e. The van der Waals surface area contributed by atoms with E-state index in [0.717, 1.165) is 0 Å². The van der Waals surface area contributed by atoms with E-state index in [2.05, 4.69) is 0 Å². The molecule has 0 heterocycles. The van der Waals surface area contributed by atoms with Gasteiger partial charge in [0.05, 0.1) is 0 Å². The van der Waals surface area contributed by atoms with E-state index in [4.69, 9.17) is 0 Å². The first-order chi connectivity index (χ1) is 4.54. The van der Waals surface area contributed by atoms with Gasteiger partial charge in [-0.05, 0) is 26.3 Å². The van der Waals surface area contributed by atoms with Gasteiger partial charge in [0.2, 0.25) is 0 Å². The summed E-state index contributed by atoms with van der Waals surface area (Å²) in [5, 5.41) is 0. The molecular weight excluding hydrogens is 128 g/mol. The van der Waals surface area contributed by atoms with Gasteiger partial charge in [-0.1, -0.05) is 6.08 Å². The van der Waals surface area contributed by atoms with Gasteiger partial charge >= 0.3 is 0 Å². The Balaban J connectivity index is 3.92. The van der Waals surface area contributed by atoms with E-state index in [-0.39, 0.29) is 11.6 Å². The van der Waals surface area contributed by atoms with Gasteiger partial charge in [0.25, 0.3) is 0 Å². The number of carbonyl (C=O) groups excluding carboxylic acids is 2. The van der Waals surface area contributed by atoms with Gasteiger partial charge in [-0.3, -0.25) is 9.59 Å². The molecule has 0 N–H and O–H groups in total. The van der Waals surface area contributed by atoms with Crippen LogP contribution in [0.4, 0.5) is 0 Å². The fourth-order valence-corrected chi connectivity index (χ4v) is 0.441. The Kier molecular flexibility index (Phi) is 3.62. The van der Waals surface area contributed by atoms with Crippen molar-refractivity contribution >= 4 is 11.6 Å². The highest BCUT2D eigenvalue weighted by atomic mass is 16.1. The van der Waals surface area contributed by atoms with Crippen LogP contribution in [0.2, 0.25) is 0 Å². The van der Waals surface area contributed by atoms with Crippen molar-refractivity contribution in [3.8, 4) is 0 Å². The molecule has 0 radical (unpaired) electrons. The van der Waals surface area contributed by atoms with Crippen LogP contribution in [0, 0.1) is 0 Å². The second-order valence-corrected chi connectivity index (χ2v) is 2.35. The molecule has 0 unspecified atom stereocenters. The Morgan fingerprint density at radius 2 is 1.70 bits per heavy atom. The van der Waals surface area contributed by atoms with Crippen molar-refractivity contribution in [2.45, 2.75) is 27.2 Å². The quantitative estimate of drug-likeness (QED) is 0.557. The minimum atomic E-state index is 0.0289. The lowest BCUT2D eigenvalue weighted by molar-refractivity contribution is -0.116. The summed E-state index contributed by atoms with van der Waals surface area (Å²) < 4.78 is 0. The lowest BCUT2D eigenvalue weighted by Gasteiger charge is -1.90. The van der Waals surface area contributed by atoms with Crippen molar-refractivity contribution < 1.29 is 9.59 Å². The molecule has 0 bridgehead atoms. The lowest BCUT2D eigenvalue weighted by Crippen LogP contribution is -1.93. The third-order valence-electron chi connectivity index (χ3n) is 1.25. The number of Topliss-reactive ketones (excluding diaryl/α,β-unsaturated/α-hetero) is 2.